The molecular weight excluding hydrogens is 721 g/mol. The molecule has 2 fully saturated rings. The molecule has 10 rings (SSSR count). The maximum absolute atomic E-state index is 6.94. The van der Waals surface area contributed by atoms with Crippen LogP contribution in [0.1, 0.15) is 101 Å². The Morgan fingerprint density at radius 1 is 0.644 bits per heavy atom. The molecule has 7 aromatic rings. The SMILES string of the molecule is Cc1cc(C2CCC3(CCCCC3)CC2)ccc1-c1cc(Oc2cccc(N3C=CN(c4ccccc4)C3)c2)cc2c1c1ccccc1n2-c1cc(C(C)(C)C)ccn1. The molecular formula is C54H56N4O. The highest BCUT2D eigenvalue weighted by Crippen LogP contribution is 2.51. The van der Waals surface area contributed by atoms with Gasteiger partial charge in [0.2, 0.25) is 0 Å². The predicted molar refractivity (Wildman–Crippen MR) is 246 cm³/mol. The molecule has 2 saturated carbocycles. The van der Waals surface area contributed by atoms with Gasteiger partial charge in [-0.25, -0.2) is 4.98 Å². The fourth-order valence-electron chi connectivity index (χ4n) is 10.4. The lowest BCUT2D eigenvalue weighted by Gasteiger charge is -2.43. The molecule has 0 amide bonds. The van der Waals surface area contributed by atoms with E-state index in [4.69, 9.17) is 9.72 Å². The van der Waals surface area contributed by atoms with E-state index in [9.17, 15) is 0 Å². The summed E-state index contributed by atoms with van der Waals surface area (Å²) in [5.41, 5.74) is 11.6. The highest BCUT2D eigenvalue weighted by molar-refractivity contribution is 6.16. The Morgan fingerprint density at radius 3 is 2.17 bits per heavy atom. The molecule has 1 aliphatic heterocycles. The molecule has 0 saturated heterocycles. The van der Waals surface area contributed by atoms with Crippen LogP contribution in [0.2, 0.25) is 0 Å². The normalized spacial score (nSPS) is 17.1. The van der Waals surface area contributed by atoms with Gasteiger partial charge in [0, 0.05) is 52.9 Å². The first-order chi connectivity index (χ1) is 28.7. The number of aryl methyl sites for hydroxylation is 1. The van der Waals surface area contributed by atoms with Crippen LogP contribution in [0.15, 0.2) is 140 Å². The van der Waals surface area contributed by atoms with Crippen LogP contribution >= 0.6 is 0 Å². The van der Waals surface area contributed by atoms with Gasteiger partial charge >= 0.3 is 0 Å². The van der Waals surface area contributed by atoms with Gasteiger partial charge in [-0.05, 0) is 139 Å². The summed E-state index contributed by atoms with van der Waals surface area (Å²) in [7, 11) is 0. The third-order valence-electron chi connectivity index (χ3n) is 13.8. The summed E-state index contributed by atoms with van der Waals surface area (Å²) in [5.74, 6) is 3.16. The number of para-hydroxylation sites is 2. The first kappa shape index (κ1) is 37.5. The summed E-state index contributed by atoms with van der Waals surface area (Å²) in [6.45, 7) is 9.84. The van der Waals surface area contributed by atoms with E-state index in [1.807, 2.05) is 6.20 Å². The molecule has 5 nitrogen and oxygen atoms in total. The van der Waals surface area contributed by atoms with E-state index in [1.54, 1.807) is 0 Å². The Labute approximate surface area is 350 Å². The standard InChI is InChI=1S/C54H56N4O/c1-38-32-40(39-22-27-54(28-23-39)25-11-6-12-26-54)20-21-46(38)48-35-45(59-44-17-13-16-43(34-44)57-31-30-56(37-57)42-14-7-5-8-15-42)36-50-52(48)47-18-9-10-19-49(47)58(50)51-33-41(24-29-55-51)53(2,3)4/h5,7-10,13-21,24,29-36,39H,6,11-12,22-23,25-28,37H2,1-4H3. The minimum Gasteiger partial charge on any atom is -0.457 e. The van der Waals surface area contributed by atoms with E-state index in [0.717, 1.165) is 40.7 Å². The number of fused-ring (bicyclic) bond motifs is 3. The Kier molecular flexibility index (Phi) is 9.58. The van der Waals surface area contributed by atoms with Crippen LogP contribution in [0.25, 0.3) is 38.8 Å². The average Bonchev–Trinajstić information content (AvgIpc) is 3.88. The van der Waals surface area contributed by atoms with Crippen molar-refractivity contribution in [2.45, 2.75) is 96.8 Å². The van der Waals surface area contributed by atoms with Gasteiger partial charge in [0.05, 0.1) is 17.7 Å². The molecule has 2 aromatic heterocycles. The van der Waals surface area contributed by atoms with Crippen molar-refractivity contribution in [1.82, 2.24) is 9.55 Å². The fraction of sp³-hybridized carbons (Fsp3) is 0.315. The van der Waals surface area contributed by atoms with E-state index >= 15 is 0 Å². The van der Waals surface area contributed by atoms with E-state index in [2.05, 4.69) is 176 Å². The first-order valence-corrected chi connectivity index (χ1v) is 21.9. The minimum atomic E-state index is -0.0161. The van der Waals surface area contributed by atoms with Gasteiger partial charge in [0.15, 0.2) is 0 Å². The summed E-state index contributed by atoms with van der Waals surface area (Å²) in [6, 6.07) is 44.0. The van der Waals surface area contributed by atoms with Crippen LogP contribution in [0.3, 0.4) is 0 Å². The Bertz CT molecular complexity index is 2670. The molecule has 0 atom stereocenters. The van der Waals surface area contributed by atoms with Crippen molar-refractivity contribution in [3.05, 3.63) is 157 Å². The summed E-state index contributed by atoms with van der Waals surface area (Å²) in [6.07, 6.45) is 18.8. The molecule has 298 valence electrons. The Morgan fingerprint density at radius 2 is 1.39 bits per heavy atom. The van der Waals surface area contributed by atoms with Crippen molar-refractivity contribution in [1.29, 1.82) is 0 Å². The van der Waals surface area contributed by atoms with Crippen LogP contribution in [-0.2, 0) is 5.41 Å². The molecule has 2 aliphatic carbocycles. The zero-order valence-electron chi connectivity index (χ0n) is 35.1. The number of anilines is 2. The molecule has 0 N–H and O–H groups in total. The predicted octanol–water partition coefficient (Wildman–Crippen LogP) is 14.6. The molecule has 0 bridgehead atoms. The third kappa shape index (κ3) is 7.19. The minimum absolute atomic E-state index is 0.0161. The third-order valence-corrected chi connectivity index (χ3v) is 13.8. The van der Waals surface area contributed by atoms with Crippen LogP contribution in [0, 0.1) is 12.3 Å². The summed E-state index contributed by atoms with van der Waals surface area (Å²) in [4.78, 5) is 9.52. The first-order valence-electron chi connectivity index (χ1n) is 21.9. The number of rotatable bonds is 7. The molecule has 5 heteroatoms. The fourth-order valence-corrected chi connectivity index (χ4v) is 10.4. The molecule has 5 aromatic carbocycles. The lowest BCUT2D eigenvalue weighted by Crippen LogP contribution is -2.29. The van der Waals surface area contributed by atoms with E-state index in [-0.39, 0.29) is 5.41 Å². The Balaban J connectivity index is 1.06. The largest absolute Gasteiger partial charge is 0.457 e. The molecule has 0 radical (unpaired) electrons. The highest BCUT2D eigenvalue weighted by atomic mass is 16.5. The zero-order valence-corrected chi connectivity index (χ0v) is 35.1. The van der Waals surface area contributed by atoms with Crippen LogP contribution in [0.5, 0.6) is 11.5 Å². The maximum atomic E-state index is 6.94. The van der Waals surface area contributed by atoms with Crippen molar-refractivity contribution in [3.63, 3.8) is 0 Å². The number of aromatic nitrogens is 2. The van der Waals surface area contributed by atoms with Crippen molar-refractivity contribution >= 4 is 33.2 Å². The van der Waals surface area contributed by atoms with Crippen LogP contribution in [0.4, 0.5) is 11.4 Å². The quantitative estimate of drug-likeness (QED) is 0.161. The van der Waals surface area contributed by atoms with Crippen LogP contribution in [-0.4, -0.2) is 16.2 Å². The summed E-state index contributed by atoms with van der Waals surface area (Å²) in [5, 5.41) is 2.44. The molecule has 0 unspecified atom stereocenters. The number of benzene rings is 5. The second-order valence-corrected chi connectivity index (χ2v) is 18.6. The maximum Gasteiger partial charge on any atom is 0.137 e. The summed E-state index contributed by atoms with van der Waals surface area (Å²) < 4.78 is 9.28. The smallest absolute Gasteiger partial charge is 0.137 e. The number of hydrogen-bond acceptors (Lipinski definition) is 4. The molecule has 3 heterocycles. The topological polar surface area (TPSA) is 33.5 Å². The van der Waals surface area contributed by atoms with Gasteiger partial charge in [0.1, 0.15) is 17.3 Å². The Hall–Kier alpha value is -5.81. The lowest BCUT2D eigenvalue weighted by atomic mass is 9.62. The molecule has 59 heavy (non-hydrogen) atoms. The zero-order chi connectivity index (χ0) is 40.1. The van der Waals surface area contributed by atoms with Crippen molar-refractivity contribution in [2.24, 2.45) is 5.41 Å². The van der Waals surface area contributed by atoms with Gasteiger partial charge in [-0.2, -0.15) is 0 Å². The molecule has 1 spiro atoms. The van der Waals surface area contributed by atoms with Gasteiger partial charge in [-0.15, -0.1) is 0 Å². The highest BCUT2D eigenvalue weighted by Gasteiger charge is 2.36. The molecule has 3 aliphatic rings. The second kappa shape index (κ2) is 15.1. The number of pyridine rings is 1. The second-order valence-electron chi connectivity index (χ2n) is 18.6. The van der Waals surface area contributed by atoms with Gasteiger partial charge in [-0.3, -0.25) is 4.57 Å². The van der Waals surface area contributed by atoms with E-state index < -0.39 is 0 Å². The van der Waals surface area contributed by atoms with Gasteiger partial charge in [-0.1, -0.05) is 101 Å². The van der Waals surface area contributed by atoms with Crippen molar-refractivity contribution < 1.29 is 4.74 Å². The van der Waals surface area contributed by atoms with E-state index in [1.165, 1.54) is 102 Å². The van der Waals surface area contributed by atoms with Gasteiger partial charge in [0.25, 0.3) is 0 Å². The van der Waals surface area contributed by atoms with E-state index in [0.29, 0.717) is 11.3 Å². The van der Waals surface area contributed by atoms with Crippen molar-refractivity contribution in [2.75, 3.05) is 16.5 Å². The number of nitrogens with zero attached hydrogens (tertiary/aromatic N) is 4. The average molecular weight is 777 g/mol. The number of ether oxygens (including phenoxy) is 1. The monoisotopic (exact) mass is 776 g/mol. The van der Waals surface area contributed by atoms with Gasteiger partial charge < -0.3 is 14.5 Å². The number of hydrogen-bond donors (Lipinski definition) is 0. The summed E-state index contributed by atoms with van der Waals surface area (Å²) >= 11 is 0. The lowest BCUT2D eigenvalue weighted by molar-refractivity contribution is 0.114. The van der Waals surface area contributed by atoms with Crippen LogP contribution < -0.4 is 14.5 Å². The van der Waals surface area contributed by atoms with Crippen molar-refractivity contribution in [3.8, 4) is 28.4 Å².